The Morgan fingerprint density at radius 3 is 2.90 bits per heavy atom. The van der Waals surface area contributed by atoms with Crippen LogP contribution in [0.4, 0.5) is 5.95 Å². The quantitative estimate of drug-likeness (QED) is 0.706. The third-order valence-electron chi connectivity index (χ3n) is 3.30. The Morgan fingerprint density at radius 1 is 1.57 bits per heavy atom. The van der Waals surface area contributed by atoms with Crippen LogP contribution < -0.4 is 5.73 Å². The van der Waals surface area contributed by atoms with Gasteiger partial charge < -0.3 is 25.1 Å². The second-order valence-corrected chi connectivity index (χ2v) is 6.30. The first-order chi connectivity index (χ1) is 9.97. The molecular weight excluding hydrogens is 406 g/mol. The number of ether oxygens (including phenoxy) is 1. The summed E-state index contributed by atoms with van der Waals surface area (Å²) in [4.78, 5) is 11.0. The maximum Gasteiger partial charge on any atom is 0.233 e. The van der Waals surface area contributed by atoms with E-state index in [4.69, 9.17) is 10.5 Å². The Kier molecular flexibility index (Phi) is 3.80. The van der Waals surface area contributed by atoms with Gasteiger partial charge in [0.1, 0.15) is 11.8 Å². The molecule has 21 heavy (non-hydrogen) atoms. The summed E-state index contributed by atoms with van der Waals surface area (Å²) in [6.07, 6.45) is 0.173. The van der Waals surface area contributed by atoms with Crippen LogP contribution in [-0.2, 0) is 11.8 Å². The molecule has 3 heterocycles. The van der Waals surface area contributed by atoms with Crippen molar-refractivity contribution < 1.29 is 9.84 Å². The standard InChI is InChI=1S/C12H13Br2N5O2/c1-19-7(2-5(13)10(19)14)11-16-4-8(21-11)9(20)6-3-17-12(15)18-6/h2-3,8-9,20H,4H2,1H3,(H3,15,17,18)/t8-,9+/m0/s1. The van der Waals surface area contributed by atoms with Crippen LogP contribution in [0, 0.1) is 0 Å². The van der Waals surface area contributed by atoms with E-state index in [1.54, 1.807) is 0 Å². The van der Waals surface area contributed by atoms with E-state index in [2.05, 4.69) is 46.8 Å². The molecule has 2 aromatic rings. The SMILES string of the molecule is Cn1c(C2=NC[C@@H]([C@H](O)c3cnc(N)[nH]3)O2)cc(Br)c1Br. The zero-order chi connectivity index (χ0) is 15.1. The lowest BCUT2D eigenvalue weighted by Crippen LogP contribution is -2.23. The highest BCUT2D eigenvalue weighted by molar-refractivity contribution is 9.13. The molecular formula is C12H13Br2N5O2. The molecule has 0 spiro atoms. The summed E-state index contributed by atoms with van der Waals surface area (Å²) in [5.74, 6) is 0.763. The topological polar surface area (TPSA) is 101 Å². The van der Waals surface area contributed by atoms with Gasteiger partial charge in [0.25, 0.3) is 0 Å². The second-order valence-electron chi connectivity index (χ2n) is 4.70. The fourth-order valence-corrected chi connectivity index (χ4v) is 2.93. The first-order valence-corrected chi connectivity index (χ1v) is 7.76. The molecule has 3 rings (SSSR count). The fraction of sp³-hybridized carbons (Fsp3) is 0.333. The van der Waals surface area contributed by atoms with Gasteiger partial charge in [0, 0.05) is 7.05 Å². The number of aliphatic imine (C=N–C) groups is 1. The summed E-state index contributed by atoms with van der Waals surface area (Å²) < 4.78 is 9.49. The lowest BCUT2D eigenvalue weighted by Gasteiger charge is -2.16. The number of aliphatic hydroxyl groups is 1. The van der Waals surface area contributed by atoms with E-state index in [-0.39, 0.29) is 5.95 Å². The van der Waals surface area contributed by atoms with E-state index in [9.17, 15) is 5.11 Å². The number of aromatic nitrogens is 3. The van der Waals surface area contributed by atoms with Crippen molar-refractivity contribution in [2.75, 3.05) is 12.3 Å². The molecule has 0 saturated heterocycles. The van der Waals surface area contributed by atoms with Gasteiger partial charge in [0.15, 0.2) is 12.1 Å². The number of H-pyrrole nitrogens is 1. The monoisotopic (exact) mass is 417 g/mol. The van der Waals surface area contributed by atoms with Crippen LogP contribution >= 0.6 is 31.9 Å². The van der Waals surface area contributed by atoms with Crippen LogP contribution in [-0.4, -0.2) is 38.2 Å². The molecule has 0 radical (unpaired) electrons. The molecule has 0 aliphatic carbocycles. The van der Waals surface area contributed by atoms with Crippen LogP contribution in [0.15, 0.2) is 26.3 Å². The van der Waals surface area contributed by atoms with Crippen molar-refractivity contribution in [2.45, 2.75) is 12.2 Å². The normalized spacial score (nSPS) is 19.4. The minimum absolute atomic E-state index is 0.262. The van der Waals surface area contributed by atoms with Gasteiger partial charge in [-0.05, 0) is 37.9 Å². The van der Waals surface area contributed by atoms with E-state index in [1.807, 2.05) is 17.7 Å². The molecule has 1 aliphatic heterocycles. The van der Waals surface area contributed by atoms with E-state index in [1.165, 1.54) is 6.20 Å². The van der Waals surface area contributed by atoms with Crippen molar-refractivity contribution in [1.29, 1.82) is 0 Å². The van der Waals surface area contributed by atoms with E-state index >= 15 is 0 Å². The number of hydrogen-bond donors (Lipinski definition) is 3. The minimum atomic E-state index is -0.858. The molecule has 0 amide bonds. The fourth-order valence-electron chi connectivity index (χ4n) is 2.15. The number of anilines is 1. The first-order valence-electron chi connectivity index (χ1n) is 6.18. The number of aromatic amines is 1. The maximum absolute atomic E-state index is 10.3. The number of halogens is 2. The summed E-state index contributed by atoms with van der Waals surface area (Å²) in [7, 11) is 1.90. The number of rotatable bonds is 3. The van der Waals surface area contributed by atoms with E-state index in [0.29, 0.717) is 18.1 Å². The maximum atomic E-state index is 10.3. The van der Waals surface area contributed by atoms with Crippen molar-refractivity contribution >= 4 is 43.7 Å². The number of imidazole rings is 1. The smallest absolute Gasteiger partial charge is 0.233 e. The summed E-state index contributed by atoms with van der Waals surface area (Å²) in [6, 6.07) is 1.91. The lowest BCUT2D eigenvalue weighted by atomic mass is 10.1. The first kappa shape index (κ1) is 14.6. The molecule has 0 unspecified atom stereocenters. The second kappa shape index (κ2) is 5.47. The highest BCUT2D eigenvalue weighted by Crippen LogP contribution is 2.29. The van der Waals surface area contributed by atoms with Crippen molar-refractivity contribution in [3.05, 3.63) is 32.7 Å². The number of nitrogens with two attached hydrogens (primary N) is 1. The van der Waals surface area contributed by atoms with Gasteiger partial charge in [0.2, 0.25) is 5.90 Å². The third kappa shape index (κ3) is 2.60. The van der Waals surface area contributed by atoms with Gasteiger partial charge in [-0.1, -0.05) is 0 Å². The van der Waals surface area contributed by atoms with Crippen molar-refractivity contribution in [1.82, 2.24) is 14.5 Å². The number of hydrogen-bond acceptors (Lipinski definition) is 5. The Bertz CT molecular complexity index is 709. The molecule has 1 aliphatic rings. The largest absolute Gasteiger partial charge is 0.468 e. The molecule has 112 valence electrons. The number of nitrogens with zero attached hydrogens (tertiary/aromatic N) is 3. The highest BCUT2D eigenvalue weighted by atomic mass is 79.9. The molecule has 0 fully saturated rings. The van der Waals surface area contributed by atoms with Crippen LogP contribution in [0.1, 0.15) is 17.5 Å². The Labute approximate surface area is 137 Å². The van der Waals surface area contributed by atoms with Gasteiger partial charge in [-0.25, -0.2) is 9.98 Å². The number of aliphatic hydroxyl groups excluding tert-OH is 1. The van der Waals surface area contributed by atoms with Crippen molar-refractivity contribution in [3.8, 4) is 0 Å². The van der Waals surface area contributed by atoms with Crippen LogP contribution in [0.3, 0.4) is 0 Å². The molecule has 9 heteroatoms. The number of nitrogen functional groups attached to an aromatic ring is 1. The predicted octanol–water partition coefficient (Wildman–Crippen LogP) is 1.73. The summed E-state index contributed by atoms with van der Waals surface area (Å²) in [6.45, 7) is 0.371. The van der Waals surface area contributed by atoms with Gasteiger partial charge in [0.05, 0.1) is 27.5 Å². The Morgan fingerprint density at radius 2 is 2.33 bits per heavy atom. The zero-order valence-corrected chi connectivity index (χ0v) is 14.2. The molecule has 7 nitrogen and oxygen atoms in total. The molecule has 0 bridgehead atoms. The van der Waals surface area contributed by atoms with Gasteiger partial charge in [-0.2, -0.15) is 0 Å². The Hall–Kier alpha value is -1.32. The molecule has 2 aromatic heterocycles. The number of nitrogens with one attached hydrogen (secondary N) is 1. The van der Waals surface area contributed by atoms with Crippen LogP contribution in [0.5, 0.6) is 0 Å². The third-order valence-corrected chi connectivity index (χ3v) is 5.39. The highest BCUT2D eigenvalue weighted by Gasteiger charge is 2.31. The van der Waals surface area contributed by atoms with Crippen LogP contribution in [0.25, 0.3) is 0 Å². The average molecular weight is 419 g/mol. The molecule has 4 N–H and O–H groups in total. The average Bonchev–Trinajstić information content (AvgIpc) is 3.15. The lowest BCUT2D eigenvalue weighted by molar-refractivity contribution is 0.0432. The van der Waals surface area contributed by atoms with Gasteiger partial charge in [-0.3, -0.25) is 0 Å². The Balaban J connectivity index is 1.77. The summed E-state index contributed by atoms with van der Waals surface area (Å²) >= 11 is 6.90. The van der Waals surface area contributed by atoms with Gasteiger partial charge >= 0.3 is 0 Å². The predicted molar refractivity (Wildman–Crippen MR) is 85.0 cm³/mol. The van der Waals surface area contributed by atoms with Crippen molar-refractivity contribution in [3.63, 3.8) is 0 Å². The minimum Gasteiger partial charge on any atom is -0.468 e. The van der Waals surface area contributed by atoms with Gasteiger partial charge in [-0.15, -0.1) is 0 Å². The molecule has 0 saturated carbocycles. The zero-order valence-electron chi connectivity index (χ0n) is 11.0. The summed E-state index contributed by atoms with van der Waals surface area (Å²) in [5, 5.41) is 10.3. The molecule has 2 atom stereocenters. The van der Waals surface area contributed by atoms with E-state index in [0.717, 1.165) is 14.8 Å². The molecule has 0 aromatic carbocycles. The van der Waals surface area contributed by atoms with E-state index < -0.39 is 12.2 Å². The summed E-state index contributed by atoms with van der Waals surface area (Å²) in [5.41, 5.74) is 6.86. The van der Waals surface area contributed by atoms with Crippen LogP contribution in [0.2, 0.25) is 0 Å². The van der Waals surface area contributed by atoms with Crippen molar-refractivity contribution in [2.24, 2.45) is 12.0 Å².